The maximum Gasteiger partial charge on any atom is 0.256 e. The van der Waals surface area contributed by atoms with Crippen molar-refractivity contribution >= 4 is 42.4 Å². The van der Waals surface area contributed by atoms with E-state index in [0.717, 1.165) is 15.4 Å². The minimum atomic E-state index is -4.19. The summed E-state index contributed by atoms with van der Waals surface area (Å²) in [5, 5.41) is 3.23. The fourth-order valence-corrected chi connectivity index (χ4v) is 7.29. The molecule has 0 aromatic heterocycles. The topological polar surface area (TPSA) is 104 Å². The molecule has 4 aromatic rings. The lowest BCUT2D eigenvalue weighted by molar-refractivity contribution is 0.103. The molecule has 0 saturated carbocycles. The fraction of sp³-hybridized carbons (Fsp3) is 0.148. The molecular formula is C27H25N3O5S2. The van der Waals surface area contributed by atoms with Crippen LogP contribution in [0.25, 0.3) is 10.8 Å². The monoisotopic (exact) mass is 535 g/mol. The number of anilines is 1. The first-order chi connectivity index (χ1) is 17.6. The highest BCUT2D eigenvalue weighted by atomic mass is 32.2. The van der Waals surface area contributed by atoms with Crippen LogP contribution < -0.4 is 5.32 Å². The maximum absolute atomic E-state index is 13.8. The van der Waals surface area contributed by atoms with E-state index in [2.05, 4.69) is 5.32 Å². The first kappa shape index (κ1) is 25.1. The van der Waals surface area contributed by atoms with Gasteiger partial charge in [0.05, 0.1) is 10.6 Å². The number of nitrogens with one attached hydrogen (secondary N) is 1. The quantitative estimate of drug-likeness (QED) is 0.367. The van der Waals surface area contributed by atoms with Gasteiger partial charge in [0.1, 0.15) is 4.90 Å². The van der Waals surface area contributed by atoms with Gasteiger partial charge >= 0.3 is 0 Å². The summed E-state index contributed by atoms with van der Waals surface area (Å²) in [6, 6.07) is 24.1. The van der Waals surface area contributed by atoms with Crippen molar-refractivity contribution < 1.29 is 21.6 Å². The van der Waals surface area contributed by atoms with Crippen molar-refractivity contribution in [2.45, 2.75) is 22.9 Å². The molecule has 0 bridgehead atoms. The van der Waals surface area contributed by atoms with E-state index >= 15 is 0 Å². The third-order valence-electron chi connectivity index (χ3n) is 6.44. The van der Waals surface area contributed by atoms with Crippen LogP contribution >= 0.6 is 0 Å². The minimum absolute atomic E-state index is 0.0756. The molecule has 0 radical (unpaired) electrons. The summed E-state index contributed by atoms with van der Waals surface area (Å²) in [6.45, 7) is 0.172. The Bertz CT molecular complexity index is 1720. The Morgan fingerprint density at radius 3 is 1.73 bits per heavy atom. The molecule has 37 heavy (non-hydrogen) atoms. The van der Waals surface area contributed by atoms with Crippen LogP contribution in [0, 0.1) is 0 Å². The van der Waals surface area contributed by atoms with E-state index in [0.29, 0.717) is 0 Å². The Morgan fingerprint density at radius 1 is 0.676 bits per heavy atom. The smallest absolute Gasteiger partial charge is 0.256 e. The number of sulfonamides is 2. The Morgan fingerprint density at radius 2 is 1.19 bits per heavy atom. The zero-order valence-corrected chi connectivity index (χ0v) is 21.9. The van der Waals surface area contributed by atoms with Gasteiger partial charge in [-0.2, -0.15) is 8.61 Å². The van der Waals surface area contributed by atoms with Crippen molar-refractivity contribution in [3.8, 4) is 0 Å². The summed E-state index contributed by atoms with van der Waals surface area (Å²) in [6.07, 6.45) is 0. The lowest BCUT2D eigenvalue weighted by atomic mass is 10.1. The number of benzene rings is 4. The van der Waals surface area contributed by atoms with Crippen LogP contribution in [0.15, 0.2) is 94.7 Å². The van der Waals surface area contributed by atoms with Crippen LogP contribution in [-0.4, -0.2) is 45.4 Å². The van der Waals surface area contributed by atoms with Gasteiger partial charge in [0.2, 0.25) is 20.0 Å². The summed E-state index contributed by atoms with van der Waals surface area (Å²) in [5.74, 6) is -0.477. The molecule has 0 saturated heterocycles. The van der Waals surface area contributed by atoms with Crippen molar-refractivity contribution in [3.05, 3.63) is 102 Å². The lowest BCUT2D eigenvalue weighted by Gasteiger charge is -2.22. The van der Waals surface area contributed by atoms with E-state index in [4.69, 9.17) is 0 Å². The average molecular weight is 536 g/mol. The highest BCUT2D eigenvalue weighted by molar-refractivity contribution is 7.90. The van der Waals surface area contributed by atoms with E-state index in [9.17, 15) is 21.6 Å². The van der Waals surface area contributed by atoms with Gasteiger partial charge in [0.25, 0.3) is 5.91 Å². The molecule has 0 aliphatic carbocycles. The second kappa shape index (κ2) is 9.38. The van der Waals surface area contributed by atoms with Crippen LogP contribution in [-0.2, 0) is 33.1 Å². The SMILES string of the molecule is CN(Cc1ccccc1)S(=O)(=O)c1cc(S(=O)(=O)N(C)Cc2ccccc2)c2cccc3c2c1NC3=O. The molecule has 1 amide bonds. The van der Waals surface area contributed by atoms with Crippen molar-refractivity contribution in [3.63, 3.8) is 0 Å². The summed E-state index contributed by atoms with van der Waals surface area (Å²) in [5.41, 5.74) is 1.88. The number of amides is 1. The maximum atomic E-state index is 13.8. The molecule has 0 fully saturated rings. The summed E-state index contributed by atoms with van der Waals surface area (Å²) >= 11 is 0. The average Bonchev–Trinajstić information content (AvgIpc) is 3.22. The molecule has 1 N–H and O–H groups in total. The Kier molecular flexibility index (Phi) is 6.36. The Balaban J connectivity index is 1.67. The molecule has 10 heteroatoms. The standard InChI is InChI=1S/C27H25N3O5S2/c1-29(17-19-10-5-3-6-11-19)36(32,33)23-16-24(26-25-21(23)14-9-15-22(25)27(31)28-26)37(34,35)30(2)18-20-12-7-4-8-13-20/h3-16H,17-18H2,1-2H3,(H,28,31). The Labute approximate surface area is 216 Å². The second-order valence-electron chi connectivity index (χ2n) is 8.92. The normalized spacial score (nSPS) is 13.5. The van der Waals surface area contributed by atoms with Gasteiger partial charge in [0.15, 0.2) is 0 Å². The first-order valence-electron chi connectivity index (χ1n) is 11.5. The van der Waals surface area contributed by atoms with E-state index in [1.165, 1.54) is 24.5 Å². The highest BCUT2D eigenvalue weighted by Crippen LogP contribution is 2.43. The highest BCUT2D eigenvalue weighted by Gasteiger charge is 2.36. The third-order valence-corrected chi connectivity index (χ3v) is 10.1. The van der Waals surface area contributed by atoms with Crippen molar-refractivity contribution in [2.75, 3.05) is 19.4 Å². The van der Waals surface area contributed by atoms with E-state index in [1.54, 1.807) is 30.3 Å². The lowest BCUT2D eigenvalue weighted by Crippen LogP contribution is -2.29. The molecule has 190 valence electrons. The van der Waals surface area contributed by atoms with Gasteiger partial charge in [-0.3, -0.25) is 4.79 Å². The minimum Gasteiger partial charge on any atom is -0.320 e. The summed E-state index contributed by atoms with van der Waals surface area (Å²) < 4.78 is 57.6. The van der Waals surface area contributed by atoms with Gasteiger partial charge in [-0.15, -0.1) is 0 Å². The van der Waals surface area contributed by atoms with Crippen LogP contribution in [0.4, 0.5) is 5.69 Å². The third kappa shape index (κ3) is 4.42. The zero-order chi connectivity index (χ0) is 26.4. The molecular weight excluding hydrogens is 510 g/mol. The largest absolute Gasteiger partial charge is 0.320 e. The van der Waals surface area contributed by atoms with Crippen molar-refractivity contribution in [1.82, 2.24) is 8.61 Å². The molecule has 5 rings (SSSR count). The van der Waals surface area contributed by atoms with Gasteiger partial charge < -0.3 is 5.32 Å². The van der Waals surface area contributed by atoms with Crippen LogP contribution in [0.1, 0.15) is 21.5 Å². The van der Waals surface area contributed by atoms with E-state index in [1.807, 2.05) is 48.5 Å². The van der Waals surface area contributed by atoms with E-state index < -0.39 is 26.0 Å². The number of hydrogen-bond acceptors (Lipinski definition) is 5. The molecule has 1 aliphatic heterocycles. The molecule has 0 unspecified atom stereocenters. The number of hydrogen-bond donors (Lipinski definition) is 1. The van der Waals surface area contributed by atoms with Crippen LogP contribution in [0.2, 0.25) is 0 Å². The van der Waals surface area contributed by atoms with E-state index in [-0.39, 0.29) is 44.9 Å². The number of nitrogens with zero attached hydrogens (tertiary/aromatic N) is 2. The zero-order valence-electron chi connectivity index (χ0n) is 20.2. The van der Waals surface area contributed by atoms with Gasteiger partial charge in [0, 0.05) is 43.5 Å². The fourth-order valence-electron chi connectivity index (χ4n) is 4.52. The summed E-state index contributed by atoms with van der Waals surface area (Å²) in [7, 11) is -5.46. The predicted octanol–water partition coefficient (Wildman–Crippen LogP) is 4.05. The van der Waals surface area contributed by atoms with Gasteiger partial charge in [-0.25, -0.2) is 16.8 Å². The molecule has 0 spiro atoms. The van der Waals surface area contributed by atoms with Crippen molar-refractivity contribution in [2.24, 2.45) is 0 Å². The number of carbonyl (C=O) groups excluding carboxylic acids is 1. The first-order valence-corrected chi connectivity index (χ1v) is 14.4. The second-order valence-corrected chi connectivity index (χ2v) is 13.0. The van der Waals surface area contributed by atoms with Gasteiger partial charge in [-0.1, -0.05) is 72.8 Å². The van der Waals surface area contributed by atoms with Crippen LogP contribution in [0.3, 0.4) is 0 Å². The predicted molar refractivity (Wildman–Crippen MR) is 142 cm³/mol. The number of rotatable bonds is 8. The van der Waals surface area contributed by atoms with Gasteiger partial charge in [-0.05, 0) is 23.3 Å². The molecule has 8 nitrogen and oxygen atoms in total. The van der Waals surface area contributed by atoms with Crippen molar-refractivity contribution in [1.29, 1.82) is 0 Å². The number of carbonyl (C=O) groups is 1. The van der Waals surface area contributed by atoms with Crippen LogP contribution in [0.5, 0.6) is 0 Å². The summed E-state index contributed by atoms with van der Waals surface area (Å²) in [4.78, 5) is 12.3. The molecule has 4 aromatic carbocycles. The molecule has 1 heterocycles. The molecule has 0 atom stereocenters. The molecule has 1 aliphatic rings. The Hall–Kier alpha value is -3.57.